The lowest BCUT2D eigenvalue weighted by Gasteiger charge is -2.07. The third-order valence-electron chi connectivity index (χ3n) is 2.08. The lowest BCUT2D eigenvalue weighted by atomic mass is 10.3. The second-order valence-corrected chi connectivity index (χ2v) is 3.44. The summed E-state index contributed by atoms with van der Waals surface area (Å²) in [7, 11) is 0. The Labute approximate surface area is 95.7 Å². The molecule has 1 aromatic heterocycles. The summed E-state index contributed by atoms with van der Waals surface area (Å²) < 4.78 is 14.7. The third kappa shape index (κ3) is 1.49. The van der Waals surface area contributed by atoms with Crippen molar-refractivity contribution < 1.29 is 4.39 Å². The number of nitrogens with zero attached hydrogens (tertiary/aromatic N) is 3. The van der Waals surface area contributed by atoms with Gasteiger partial charge in [0.05, 0.1) is 11.2 Å². The van der Waals surface area contributed by atoms with Gasteiger partial charge in [0, 0.05) is 0 Å². The molecule has 1 heterocycles. The number of benzene rings is 1. The Balaban J connectivity index is 2.69. The van der Waals surface area contributed by atoms with Crippen molar-refractivity contribution in [2.24, 2.45) is 0 Å². The molecule has 0 bridgehead atoms. The predicted octanol–water partition coefficient (Wildman–Crippen LogP) is 2.12. The smallest absolute Gasteiger partial charge is 0.150 e. The van der Waals surface area contributed by atoms with Crippen LogP contribution in [-0.4, -0.2) is 9.78 Å². The van der Waals surface area contributed by atoms with Gasteiger partial charge in [-0.2, -0.15) is 10.4 Å². The molecule has 0 aliphatic rings. The van der Waals surface area contributed by atoms with Crippen LogP contribution in [0.15, 0.2) is 24.4 Å². The lowest BCUT2D eigenvalue weighted by molar-refractivity contribution is 0.612. The summed E-state index contributed by atoms with van der Waals surface area (Å²) >= 11 is 5.85. The maximum atomic E-state index is 13.5. The number of nitriles is 1. The summed E-state index contributed by atoms with van der Waals surface area (Å²) in [5.41, 5.74) is 5.86. The van der Waals surface area contributed by atoms with Gasteiger partial charge < -0.3 is 5.73 Å². The van der Waals surface area contributed by atoms with Crippen LogP contribution in [-0.2, 0) is 0 Å². The minimum absolute atomic E-state index is 0.0446. The Kier molecular flexibility index (Phi) is 2.50. The zero-order chi connectivity index (χ0) is 11.7. The molecule has 0 spiro atoms. The Hall–Kier alpha value is -2.06. The number of nitrogens with two attached hydrogens (primary N) is 1. The number of hydrogen-bond acceptors (Lipinski definition) is 3. The van der Waals surface area contributed by atoms with Crippen LogP contribution in [0.25, 0.3) is 5.69 Å². The first-order valence-electron chi connectivity index (χ1n) is 4.33. The van der Waals surface area contributed by atoms with Crippen LogP contribution in [0, 0.1) is 17.1 Å². The van der Waals surface area contributed by atoms with Crippen molar-refractivity contribution in [3.8, 4) is 11.8 Å². The van der Waals surface area contributed by atoms with Gasteiger partial charge in [-0.1, -0.05) is 17.7 Å². The van der Waals surface area contributed by atoms with E-state index in [1.54, 1.807) is 0 Å². The molecule has 0 fully saturated rings. The molecule has 0 saturated heterocycles. The van der Waals surface area contributed by atoms with Gasteiger partial charge in [-0.25, -0.2) is 9.07 Å². The van der Waals surface area contributed by atoms with Crippen LogP contribution >= 0.6 is 11.6 Å². The third-order valence-corrected chi connectivity index (χ3v) is 2.38. The highest BCUT2D eigenvalue weighted by atomic mass is 35.5. The number of rotatable bonds is 1. The van der Waals surface area contributed by atoms with E-state index in [1.807, 2.05) is 6.07 Å². The Bertz CT molecular complexity index is 565. The van der Waals surface area contributed by atoms with Crippen molar-refractivity contribution in [2.45, 2.75) is 0 Å². The average Bonchev–Trinajstić information content (AvgIpc) is 2.60. The van der Waals surface area contributed by atoms with Gasteiger partial charge in [0.15, 0.2) is 0 Å². The molecular weight excluding hydrogens is 231 g/mol. The summed E-state index contributed by atoms with van der Waals surface area (Å²) in [6, 6.07) is 6.09. The fourth-order valence-electron chi connectivity index (χ4n) is 1.31. The minimum atomic E-state index is -0.549. The van der Waals surface area contributed by atoms with Gasteiger partial charge in [-0.3, -0.25) is 0 Å². The summed E-state index contributed by atoms with van der Waals surface area (Å²) in [4.78, 5) is 0. The highest BCUT2D eigenvalue weighted by Crippen LogP contribution is 2.26. The Morgan fingerprint density at radius 3 is 2.81 bits per heavy atom. The SMILES string of the molecule is N#Cc1cnn(-c2c(F)cccc2Cl)c1N. The molecule has 2 aromatic rings. The van der Waals surface area contributed by atoms with E-state index < -0.39 is 5.82 Å². The van der Waals surface area contributed by atoms with Crippen LogP contribution in [0.3, 0.4) is 0 Å². The number of hydrogen-bond donors (Lipinski definition) is 1. The highest BCUT2D eigenvalue weighted by molar-refractivity contribution is 6.32. The van der Waals surface area contributed by atoms with E-state index in [-0.39, 0.29) is 22.1 Å². The second-order valence-electron chi connectivity index (χ2n) is 3.04. The van der Waals surface area contributed by atoms with E-state index in [4.69, 9.17) is 22.6 Å². The number of para-hydroxylation sites is 1. The van der Waals surface area contributed by atoms with Gasteiger partial charge in [0.1, 0.15) is 29.0 Å². The van der Waals surface area contributed by atoms with Crippen molar-refractivity contribution in [1.82, 2.24) is 9.78 Å². The lowest BCUT2D eigenvalue weighted by Crippen LogP contribution is -2.05. The quantitative estimate of drug-likeness (QED) is 0.825. The molecule has 0 saturated carbocycles. The molecule has 1 aromatic carbocycles. The van der Waals surface area contributed by atoms with Crippen molar-refractivity contribution in [2.75, 3.05) is 5.73 Å². The zero-order valence-electron chi connectivity index (χ0n) is 7.98. The molecule has 0 radical (unpaired) electrons. The summed E-state index contributed by atoms with van der Waals surface area (Å²) in [5, 5.41) is 12.7. The second kappa shape index (κ2) is 3.83. The van der Waals surface area contributed by atoms with Crippen molar-refractivity contribution in [1.29, 1.82) is 5.26 Å². The molecule has 0 aliphatic heterocycles. The normalized spacial score (nSPS) is 10.1. The monoisotopic (exact) mass is 236 g/mol. The molecule has 4 nitrogen and oxygen atoms in total. The molecule has 2 rings (SSSR count). The van der Waals surface area contributed by atoms with Crippen LogP contribution in [0.2, 0.25) is 5.02 Å². The molecule has 2 N–H and O–H groups in total. The predicted molar refractivity (Wildman–Crippen MR) is 57.7 cm³/mol. The molecule has 0 unspecified atom stereocenters. The standard InChI is InChI=1S/C10H6ClFN4/c11-7-2-1-3-8(12)9(7)16-10(14)6(4-13)5-15-16/h1-3,5H,14H2. The van der Waals surface area contributed by atoms with Crippen molar-refractivity contribution >= 4 is 17.4 Å². The van der Waals surface area contributed by atoms with E-state index >= 15 is 0 Å². The largest absolute Gasteiger partial charge is 0.382 e. The first kappa shape index (κ1) is 10.5. The maximum absolute atomic E-state index is 13.5. The molecule has 0 amide bonds. The van der Waals surface area contributed by atoms with E-state index in [0.717, 1.165) is 4.68 Å². The van der Waals surface area contributed by atoms with Crippen LogP contribution in [0.5, 0.6) is 0 Å². The number of nitrogen functional groups attached to an aromatic ring is 1. The maximum Gasteiger partial charge on any atom is 0.150 e. The van der Waals surface area contributed by atoms with E-state index in [9.17, 15) is 4.39 Å². The molecule has 16 heavy (non-hydrogen) atoms. The van der Waals surface area contributed by atoms with Gasteiger partial charge in [0.25, 0.3) is 0 Å². The average molecular weight is 237 g/mol. The van der Waals surface area contributed by atoms with Gasteiger partial charge >= 0.3 is 0 Å². The van der Waals surface area contributed by atoms with Gasteiger partial charge in [0.2, 0.25) is 0 Å². The van der Waals surface area contributed by atoms with Crippen molar-refractivity contribution in [3.63, 3.8) is 0 Å². The molecule has 6 heteroatoms. The molecule has 0 aliphatic carbocycles. The van der Waals surface area contributed by atoms with Gasteiger partial charge in [-0.15, -0.1) is 0 Å². The minimum Gasteiger partial charge on any atom is -0.382 e. The van der Waals surface area contributed by atoms with E-state index in [0.29, 0.717) is 0 Å². The fraction of sp³-hybridized carbons (Fsp3) is 0. The first-order chi connectivity index (χ1) is 7.65. The topological polar surface area (TPSA) is 67.6 Å². The molecule has 80 valence electrons. The first-order valence-corrected chi connectivity index (χ1v) is 4.71. The highest BCUT2D eigenvalue weighted by Gasteiger charge is 2.14. The fourth-order valence-corrected chi connectivity index (χ4v) is 1.56. The van der Waals surface area contributed by atoms with Crippen LogP contribution in [0.4, 0.5) is 10.2 Å². The van der Waals surface area contributed by atoms with E-state index in [2.05, 4.69) is 5.10 Å². The number of aromatic nitrogens is 2. The Morgan fingerprint density at radius 2 is 2.25 bits per heavy atom. The Morgan fingerprint density at radius 1 is 1.50 bits per heavy atom. The summed E-state index contributed by atoms with van der Waals surface area (Å²) in [5.74, 6) is -0.485. The number of halogens is 2. The van der Waals surface area contributed by atoms with E-state index in [1.165, 1.54) is 24.4 Å². The summed E-state index contributed by atoms with van der Waals surface area (Å²) in [6.07, 6.45) is 1.26. The molecule has 0 atom stereocenters. The van der Waals surface area contributed by atoms with Crippen molar-refractivity contribution in [3.05, 3.63) is 40.8 Å². The van der Waals surface area contributed by atoms with Crippen LogP contribution in [0.1, 0.15) is 5.56 Å². The zero-order valence-corrected chi connectivity index (χ0v) is 8.74. The molecular formula is C10H6ClFN4. The number of anilines is 1. The van der Waals surface area contributed by atoms with Gasteiger partial charge in [-0.05, 0) is 12.1 Å². The summed E-state index contributed by atoms with van der Waals surface area (Å²) in [6.45, 7) is 0. The van der Waals surface area contributed by atoms with Crippen LogP contribution < -0.4 is 5.73 Å².